The third-order valence-corrected chi connectivity index (χ3v) is 3.62. The molecule has 10 heteroatoms. The normalized spacial score (nSPS) is 20.2. The highest BCUT2D eigenvalue weighted by Gasteiger charge is 2.30. The predicted octanol–water partition coefficient (Wildman–Crippen LogP) is 1.52. The van der Waals surface area contributed by atoms with Gasteiger partial charge in [0.25, 0.3) is 11.8 Å². The molecule has 1 heterocycles. The highest BCUT2D eigenvalue weighted by atomic mass is 35.5. The molecule has 2 amide bonds. The van der Waals surface area contributed by atoms with Crippen molar-refractivity contribution in [2.45, 2.75) is 25.5 Å². The first-order chi connectivity index (χ1) is 12.8. The fourth-order valence-corrected chi connectivity index (χ4v) is 1.91. The molecular formula is C17H23ClFN3O5. The number of halogens is 2. The molecule has 0 spiro atoms. The molecule has 1 saturated heterocycles. The second-order valence-electron chi connectivity index (χ2n) is 5.52. The molecule has 1 aliphatic heterocycles. The van der Waals surface area contributed by atoms with Crippen LogP contribution >= 0.6 is 11.6 Å². The molecule has 2 atom stereocenters. The molecule has 150 valence electrons. The molecular weight excluding hydrogens is 381 g/mol. The highest BCUT2D eigenvalue weighted by Crippen LogP contribution is 2.13. The quantitative estimate of drug-likeness (QED) is 0.291. The Bertz CT molecular complexity index is 624. The molecule has 0 bridgehead atoms. The zero-order chi connectivity index (χ0) is 20.2. The van der Waals surface area contributed by atoms with Gasteiger partial charge in [0.2, 0.25) is 0 Å². The summed E-state index contributed by atoms with van der Waals surface area (Å²) in [5.41, 5.74) is 0.425. The Morgan fingerprint density at radius 1 is 1.44 bits per heavy atom. The van der Waals surface area contributed by atoms with E-state index in [9.17, 15) is 14.0 Å². The van der Waals surface area contributed by atoms with Gasteiger partial charge >= 0.3 is 0 Å². The first kappa shape index (κ1) is 22.8. The van der Waals surface area contributed by atoms with E-state index in [1.807, 2.05) is 0 Å². The minimum Gasteiger partial charge on any atom is -0.491 e. The molecule has 1 rings (SSSR count). The molecule has 8 nitrogen and oxygen atoms in total. The van der Waals surface area contributed by atoms with Gasteiger partial charge in [0, 0.05) is 24.7 Å². The van der Waals surface area contributed by atoms with Crippen LogP contribution in [0.5, 0.6) is 0 Å². The smallest absolute Gasteiger partial charge is 0.258 e. The number of allylic oxidation sites excluding steroid dienone is 4. The van der Waals surface area contributed by atoms with Crippen LogP contribution in [-0.4, -0.2) is 43.8 Å². The maximum atomic E-state index is 12.6. The van der Waals surface area contributed by atoms with Crippen molar-refractivity contribution in [2.24, 2.45) is 0 Å². The van der Waals surface area contributed by atoms with Gasteiger partial charge in [0.1, 0.15) is 12.6 Å². The van der Waals surface area contributed by atoms with Crippen molar-refractivity contribution in [3.8, 4) is 0 Å². The van der Waals surface area contributed by atoms with Gasteiger partial charge in [-0.15, -0.1) is 0 Å². The van der Waals surface area contributed by atoms with Crippen molar-refractivity contribution in [1.82, 2.24) is 16.0 Å². The predicted molar refractivity (Wildman–Crippen MR) is 97.6 cm³/mol. The van der Waals surface area contributed by atoms with Crippen molar-refractivity contribution in [3.05, 3.63) is 48.1 Å². The van der Waals surface area contributed by atoms with Gasteiger partial charge in [-0.3, -0.25) is 14.9 Å². The van der Waals surface area contributed by atoms with Crippen molar-refractivity contribution < 1.29 is 28.5 Å². The molecule has 0 aromatic rings. The lowest BCUT2D eigenvalue weighted by Gasteiger charge is -2.27. The highest BCUT2D eigenvalue weighted by molar-refractivity contribution is 6.31. The zero-order valence-electron chi connectivity index (χ0n) is 14.9. The molecule has 0 aliphatic carbocycles. The number of nitrogens with one attached hydrogen (secondary N) is 3. The molecule has 2 unspecified atom stereocenters. The van der Waals surface area contributed by atoms with Crippen LogP contribution in [0, 0.1) is 0 Å². The topological polar surface area (TPSA) is 97.9 Å². The Labute approximate surface area is 162 Å². The Kier molecular flexibility index (Phi) is 10.3. The summed E-state index contributed by atoms with van der Waals surface area (Å²) in [5.74, 6) is -1.52. The van der Waals surface area contributed by atoms with Crippen molar-refractivity contribution >= 4 is 23.4 Å². The van der Waals surface area contributed by atoms with E-state index >= 15 is 0 Å². The minimum absolute atomic E-state index is 0.157. The summed E-state index contributed by atoms with van der Waals surface area (Å²) in [6.45, 7) is 8.79. The molecule has 0 aromatic carbocycles. The van der Waals surface area contributed by atoms with E-state index in [1.54, 1.807) is 6.92 Å². The SMILES string of the molecule is C=C(CCNC(=O)CO/C=C/C=C(/Cl)C(=C)F)NC(=O)C1OOCNC1C. The average Bonchev–Trinajstić information content (AvgIpc) is 2.61. The lowest BCUT2D eigenvalue weighted by Crippen LogP contribution is -2.52. The maximum absolute atomic E-state index is 12.6. The number of hydrogen-bond acceptors (Lipinski definition) is 6. The van der Waals surface area contributed by atoms with E-state index in [0.717, 1.165) is 0 Å². The monoisotopic (exact) mass is 403 g/mol. The van der Waals surface area contributed by atoms with Gasteiger partial charge in [-0.25, -0.2) is 14.2 Å². The largest absolute Gasteiger partial charge is 0.491 e. The molecule has 0 radical (unpaired) electrons. The van der Waals surface area contributed by atoms with Gasteiger partial charge in [-0.2, -0.15) is 0 Å². The van der Waals surface area contributed by atoms with Crippen molar-refractivity contribution in [1.29, 1.82) is 0 Å². The number of hydrogen-bond donors (Lipinski definition) is 3. The molecule has 27 heavy (non-hydrogen) atoms. The summed E-state index contributed by atoms with van der Waals surface area (Å²) in [7, 11) is 0. The van der Waals surface area contributed by atoms with Crippen molar-refractivity contribution in [3.63, 3.8) is 0 Å². The van der Waals surface area contributed by atoms with Crippen LogP contribution in [0.25, 0.3) is 0 Å². The summed E-state index contributed by atoms with van der Waals surface area (Å²) in [4.78, 5) is 33.3. The fourth-order valence-electron chi connectivity index (χ4n) is 1.84. The summed E-state index contributed by atoms with van der Waals surface area (Å²) in [6.07, 6.45) is 3.32. The maximum Gasteiger partial charge on any atom is 0.258 e. The Hall–Kier alpha value is -2.20. The number of carbonyl (C=O) groups is 2. The second kappa shape index (κ2) is 12.2. The van der Waals surface area contributed by atoms with Gasteiger partial charge < -0.3 is 15.4 Å². The van der Waals surface area contributed by atoms with Gasteiger partial charge in [0.15, 0.2) is 12.7 Å². The Morgan fingerprint density at radius 2 is 2.19 bits per heavy atom. The molecule has 1 fully saturated rings. The minimum atomic E-state index is -0.789. The van der Waals surface area contributed by atoms with E-state index in [0.29, 0.717) is 12.1 Å². The lowest BCUT2D eigenvalue weighted by molar-refractivity contribution is -0.346. The molecule has 0 saturated carbocycles. The lowest BCUT2D eigenvalue weighted by atomic mass is 10.1. The van der Waals surface area contributed by atoms with Crippen LogP contribution in [-0.2, 0) is 24.1 Å². The number of carbonyl (C=O) groups excluding carboxylic acids is 2. The van der Waals surface area contributed by atoms with E-state index in [1.165, 1.54) is 18.4 Å². The summed E-state index contributed by atoms with van der Waals surface area (Å²) in [6, 6.07) is -0.204. The third-order valence-electron chi connectivity index (χ3n) is 3.29. The molecule has 3 N–H and O–H groups in total. The molecule has 1 aliphatic rings. The molecule has 0 aromatic heterocycles. The zero-order valence-corrected chi connectivity index (χ0v) is 15.7. The van der Waals surface area contributed by atoms with Crippen LogP contribution in [0.4, 0.5) is 4.39 Å². The number of amides is 2. The number of rotatable bonds is 10. The van der Waals surface area contributed by atoms with Crippen LogP contribution in [0.2, 0.25) is 0 Å². The standard InChI is InChI=1S/C17H23ClFN3O5/c1-11(22-17(24)16-13(3)21-10-26-27-16)6-7-20-15(23)9-25-8-4-5-14(18)12(2)19/h4-5,8,13,16,21H,1-2,6-7,9-10H2,3H3,(H,20,23)(H,22,24)/b8-4+,14-5+. The Balaban J connectivity index is 2.18. The van der Waals surface area contributed by atoms with E-state index in [4.69, 9.17) is 26.1 Å². The first-order valence-corrected chi connectivity index (χ1v) is 8.44. The third kappa shape index (κ3) is 9.34. The summed E-state index contributed by atoms with van der Waals surface area (Å²) < 4.78 is 17.5. The van der Waals surface area contributed by atoms with Crippen molar-refractivity contribution in [2.75, 3.05) is 19.9 Å². The average molecular weight is 404 g/mol. The summed E-state index contributed by atoms with van der Waals surface area (Å²) in [5, 5.41) is 7.98. The van der Waals surface area contributed by atoms with Crippen LogP contribution < -0.4 is 16.0 Å². The fraction of sp³-hybridized carbons (Fsp3) is 0.412. The van der Waals surface area contributed by atoms with Gasteiger partial charge in [-0.05, 0) is 19.1 Å². The van der Waals surface area contributed by atoms with Crippen LogP contribution in [0.3, 0.4) is 0 Å². The van der Waals surface area contributed by atoms with Crippen LogP contribution in [0.1, 0.15) is 13.3 Å². The van der Waals surface area contributed by atoms with E-state index in [-0.39, 0.29) is 42.8 Å². The van der Waals surface area contributed by atoms with Gasteiger partial charge in [0.05, 0.1) is 11.3 Å². The van der Waals surface area contributed by atoms with E-state index < -0.39 is 11.9 Å². The van der Waals surface area contributed by atoms with Crippen LogP contribution in [0.15, 0.2) is 48.1 Å². The Morgan fingerprint density at radius 3 is 2.85 bits per heavy atom. The first-order valence-electron chi connectivity index (χ1n) is 8.07. The van der Waals surface area contributed by atoms with Gasteiger partial charge in [-0.1, -0.05) is 24.8 Å². The second-order valence-corrected chi connectivity index (χ2v) is 5.93. The van der Waals surface area contributed by atoms with E-state index in [2.05, 4.69) is 29.1 Å². The number of ether oxygens (including phenoxy) is 1. The summed E-state index contributed by atoms with van der Waals surface area (Å²) >= 11 is 5.49.